The number of rotatable bonds is 4. The molecule has 0 amide bonds. The summed E-state index contributed by atoms with van der Waals surface area (Å²) in [5.74, 6) is 0.832. The lowest BCUT2D eigenvalue weighted by molar-refractivity contribution is 0.219. The molecule has 104 valence electrons. The molecule has 0 bridgehead atoms. The van der Waals surface area contributed by atoms with Gasteiger partial charge in [-0.1, -0.05) is 44.0 Å². The first-order chi connectivity index (χ1) is 9.61. The van der Waals surface area contributed by atoms with Crippen LogP contribution in [0.5, 0.6) is 5.75 Å². The summed E-state index contributed by atoms with van der Waals surface area (Å²) in [5, 5.41) is 10.5. The lowest BCUT2D eigenvalue weighted by atomic mass is 10.0. The molecule has 0 spiro atoms. The van der Waals surface area contributed by atoms with E-state index in [-0.39, 0.29) is 0 Å². The Morgan fingerprint density at radius 3 is 2.35 bits per heavy atom. The van der Waals surface area contributed by atoms with Crippen molar-refractivity contribution >= 4 is 31.9 Å². The Hall–Kier alpha value is -0.840. The topological polar surface area (TPSA) is 29.5 Å². The largest absolute Gasteiger partial charge is 0.490 e. The van der Waals surface area contributed by atoms with Gasteiger partial charge >= 0.3 is 0 Å². The molecular formula is C16H14Br2O2. The van der Waals surface area contributed by atoms with Gasteiger partial charge < -0.3 is 9.84 Å². The van der Waals surface area contributed by atoms with Crippen molar-refractivity contribution in [3.8, 4) is 5.75 Å². The van der Waals surface area contributed by atoms with Crippen LogP contribution in [0.3, 0.4) is 0 Å². The number of hydrogen-bond donors (Lipinski definition) is 1. The van der Waals surface area contributed by atoms with Crippen molar-refractivity contribution in [3.63, 3.8) is 0 Å². The Kier molecular flexibility index (Phi) is 4.15. The Balaban J connectivity index is 1.86. The van der Waals surface area contributed by atoms with E-state index in [1.807, 2.05) is 42.5 Å². The summed E-state index contributed by atoms with van der Waals surface area (Å²) in [7, 11) is 0. The molecule has 2 aromatic rings. The van der Waals surface area contributed by atoms with E-state index in [2.05, 4.69) is 31.9 Å². The van der Waals surface area contributed by atoms with E-state index in [0.717, 1.165) is 38.7 Å². The van der Waals surface area contributed by atoms with Crippen molar-refractivity contribution in [2.45, 2.75) is 25.0 Å². The number of benzene rings is 2. The van der Waals surface area contributed by atoms with E-state index in [4.69, 9.17) is 4.74 Å². The van der Waals surface area contributed by atoms with Crippen LogP contribution in [0.2, 0.25) is 0 Å². The lowest BCUT2D eigenvalue weighted by Gasteiger charge is -2.14. The molecule has 2 aromatic carbocycles. The lowest BCUT2D eigenvalue weighted by Crippen LogP contribution is -2.02. The van der Waals surface area contributed by atoms with Gasteiger partial charge in [-0.3, -0.25) is 0 Å². The van der Waals surface area contributed by atoms with Gasteiger partial charge in [-0.15, -0.1) is 0 Å². The number of hydrogen-bond acceptors (Lipinski definition) is 2. The van der Waals surface area contributed by atoms with E-state index < -0.39 is 6.10 Å². The van der Waals surface area contributed by atoms with Gasteiger partial charge in [0.05, 0.1) is 6.10 Å². The van der Waals surface area contributed by atoms with Gasteiger partial charge in [0.15, 0.2) is 0 Å². The number of aliphatic hydroxyl groups excluding tert-OH is 1. The molecule has 1 atom stereocenters. The van der Waals surface area contributed by atoms with Gasteiger partial charge in [0.1, 0.15) is 11.9 Å². The summed E-state index contributed by atoms with van der Waals surface area (Å²) in [6.45, 7) is 0. The zero-order chi connectivity index (χ0) is 14.1. The summed E-state index contributed by atoms with van der Waals surface area (Å²) in [4.78, 5) is 0. The third-order valence-electron chi connectivity index (χ3n) is 3.20. The monoisotopic (exact) mass is 396 g/mol. The van der Waals surface area contributed by atoms with Gasteiger partial charge in [-0.25, -0.2) is 0 Å². The Bertz CT molecular complexity index is 603. The molecular weight excluding hydrogens is 384 g/mol. The van der Waals surface area contributed by atoms with Crippen molar-refractivity contribution in [3.05, 3.63) is 62.5 Å². The minimum absolute atomic E-state index is 0.363. The van der Waals surface area contributed by atoms with Crippen LogP contribution < -0.4 is 4.74 Å². The predicted octanol–water partition coefficient (Wildman–Crippen LogP) is 4.83. The van der Waals surface area contributed by atoms with Crippen molar-refractivity contribution in [2.24, 2.45) is 0 Å². The van der Waals surface area contributed by atoms with Gasteiger partial charge in [0, 0.05) is 8.95 Å². The van der Waals surface area contributed by atoms with Gasteiger partial charge in [-0.2, -0.15) is 0 Å². The predicted molar refractivity (Wildman–Crippen MR) is 86.0 cm³/mol. The smallest absolute Gasteiger partial charge is 0.120 e. The third-order valence-corrected chi connectivity index (χ3v) is 4.12. The standard InChI is InChI=1S/C16H14Br2O2/c17-12-6-11(7-13(18)9-12)16(19)10-2-1-3-15(8-10)20-14-4-5-14/h1-3,6-9,14,16,19H,4-5H2. The SMILES string of the molecule is OC(c1cc(Br)cc(Br)c1)c1cccc(OC2CC2)c1. The second-order valence-corrected chi connectivity index (χ2v) is 6.83. The second kappa shape index (κ2) is 5.88. The van der Waals surface area contributed by atoms with E-state index in [9.17, 15) is 5.11 Å². The number of halogens is 2. The average Bonchev–Trinajstić information content (AvgIpc) is 3.21. The molecule has 20 heavy (non-hydrogen) atoms. The summed E-state index contributed by atoms with van der Waals surface area (Å²) in [6, 6.07) is 13.5. The molecule has 4 heteroatoms. The average molecular weight is 398 g/mol. The minimum Gasteiger partial charge on any atom is -0.490 e. The first kappa shape index (κ1) is 14.1. The van der Waals surface area contributed by atoms with Crippen molar-refractivity contribution in [1.29, 1.82) is 0 Å². The van der Waals surface area contributed by atoms with E-state index >= 15 is 0 Å². The maximum Gasteiger partial charge on any atom is 0.120 e. The molecule has 1 aliphatic rings. The Morgan fingerprint density at radius 1 is 1.00 bits per heavy atom. The quantitative estimate of drug-likeness (QED) is 0.800. The Morgan fingerprint density at radius 2 is 1.70 bits per heavy atom. The molecule has 1 fully saturated rings. The van der Waals surface area contributed by atoms with Gasteiger partial charge in [0.25, 0.3) is 0 Å². The first-order valence-electron chi connectivity index (χ1n) is 6.52. The van der Waals surface area contributed by atoms with Crippen LogP contribution in [-0.2, 0) is 0 Å². The molecule has 1 aliphatic carbocycles. The third kappa shape index (κ3) is 3.43. The van der Waals surface area contributed by atoms with E-state index in [0.29, 0.717) is 6.10 Å². The maximum absolute atomic E-state index is 10.5. The van der Waals surface area contributed by atoms with Crippen molar-refractivity contribution < 1.29 is 9.84 Å². The van der Waals surface area contributed by atoms with Crippen LogP contribution in [0.25, 0.3) is 0 Å². The van der Waals surface area contributed by atoms with Crippen molar-refractivity contribution in [2.75, 3.05) is 0 Å². The molecule has 1 saturated carbocycles. The van der Waals surface area contributed by atoms with Gasteiger partial charge in [0.2, 0.25) is 0 Å². The number of aliphatic hydroxyl groups is 1. The number of ether oxygens (including phenoxy) is 1. The fourth-order valence-electron chi connectivity index (χ4n) is 2.06. The molecule has 0 heterocycles. The zero-order valence-electron chi connectivity index (χ0n) is 10.7. The second-order valence-electron chi connectivity index (χ2n) is 5.00. The molecule has 1 N–H and O–H groups in total. The van der Waals surface area contributed by atoms with Crippen LogP contribution in [0.4, 0.5) is 0 Å². The fraction of sp³-hybridized carbons (Fsp3) is 0.250. The summed E-state index contributed by atoms with van der Waals surface area (Å²) >= 11 is 6.89. The van der Waals surface area contributed by atoms with Crippen molar-refractivity contribution in [1.82, 2.24) is 0 Å². The highest BCUT2D eigenvalue weighted by Crippen LogP contribution is 2.31. The highest BCUT2D eigenvalue weighted by molar-refractivity contribution is 9.11. The van der Waals surface area contributed by atoms with Crippen LogP contribution in [0, 0.1) is 0 Å². The van der Waals surface area contributed by atoms with Crippen LogP contribution in [-0.4, -0.2) is 11.2 Å². The molecule has 0 aliphatic heterocycles. The Labute approximate surface area is 135 Å². The highest BCUT2D eigenvalue weighted by Gasteiger charge is 2.23. The molecule has 0 aromatic heterocycles. The maximum atomic E-state index is 10.5. The summed E-state index contributed by atoms with van der Waals surface area (Å²) in [6.07, 6.45) is 1.96. The van der Waals surface area contributed by atoms with E-state index in [1.165, 1.54) is 0 Å². The molecule has 0 saturated heterocycles. The molecule has 1 unspecified atom stereocenters. The fourth-order valence-corrected chi connectivity index (χ4v) is 3.39. The zero-order valence-corrected chi connectivity index (χ0v) is 13.9. The van der Waals surface area contributed by atoms with Crippen LogP contribution >= 0.6 is 31.9 Å². The molecule has 0 radical (unpaired) electrons. The first-order valence-corrected chi connectivity index (χ1v) is 8.11. The molecule has 2 nitrogen and oxygen atoms in total. The van der Waals surface area contributed by atoms with Crippen LogP contribution in [0.1, 0.15) is 30.1 Å². The van der Waals surface area contributed by atoms with Gasteiger partial charge in [-0.05, 0) is 54.3 Å². The highest BCUT2D eigenvalue weighted by atomic mass is 79.9. The minimum atomic E-state index is -0.661. The van der Waals surface area contributed by atoms with Crippen LogP contribution in [0.15, 0.2) is 51.4 Å². The summed E-state index contributed by atoms with van der Waals surface area (Å²) < 4.78 is 7.64. The molecule has 3 rings (SSSR count). The summed E-state index contributed by atoms with van der Waals surface area (Å²) in [5.41, 5.74) is 1.68. The van der Waals surface area contributed by atoms with E-state index in [1.54, 1.807) is 0 Å². The normalized spacial score (nSPS) is 15.9.